The Labute approximate surface area is 120 Å². The van der Waals surface area contributed by atoms with Crippen LogP contribution in [0.1, 0.15) is 51.9 Å². The molecule has 3 unspecified atom stereocenters. The summed E-state index contributed by atoms with van der Waals surface area (Å²) in [5.41, 5.74) is 1.44. The lowest BCUT2D eigenvalue weighted by atomic mass is 9.95. The second kappa shape index (κ2) is 6.91. The van der Waals surface area contributed by atoms with Crippen molar-refractivity contribution in [3.63, 3.8) is 0 Å². The van der Waals surface area contributed by atoms with Gasteiger partial charge in [0.2, 0.25) is 5.91 Å². The molecule has 0 radical (unpaired) electrons. The quantitative estimate of drug-likeness (QED) is 0.760. The molecule has 0 aromatic rings. The van der Waals surface area contributed by atoms with Crippen molar-refractivity contribution in [3.05, 3.63) is 11.6 Å². The maximum atomic E-state index is 12.2. The van der Waals surface area contributed by atoms with E-state index >= 15 is 0 Å². The molecule has 1 saturated carbocycles. The summed E-state index contributed by atoms with van der Waals surface area (Å²) in [5, 5.41) is 12.1. The summed E-state index contributed by atoms with van der Waals surface area (Å²) in [6.07, 6.45) is 9.35. The molecule has 0 aromatic heterocycles. The highest BCUT2D eigenvalue weighted by atomic mass is 16.4. The van der Waals surface area contributed by atoms with Crippen LogP contribution >= 0.6 is 0 Å². The van der Waals surface area contributed by atoms with Crippen molar-refractivity contribution in [2.24, 2.45) is 17.8 Å². The standard InChI is InChI=1S/C16H25NO3/c1-11-9-13(14(10-11)16(19)20)15(18)17-8-7-12-5-3-2-4-6-12/h5,11,13-14H,2-4,6-10H2,1H3,(H,17,18)(H,19,20). The van der Waals surface area contributed by atoms with Gasteiger partial charge in [0.15, 0.2) is 0 Å². The molecule has 1 amide bonds. The zero-order valence-electron chi connectivity index (χ0n) is 12.2. The molecule has 2 rings (SSSR count). The van der Waals surface area contributed by atoms with E-state index in [4.69, 9.17) is 0 Å². The van der Waals surface area contributed by atoms with E-state index in [1.54, 1.807) is 0 Å². The Kier molecular flexibility index (Phi) is 5.21. The van der Waals surface area contributed by atoms with E-state index in [2.05, 4.69) is 11.4 Å². The first-order valence-corrected chi connectivity index (χ1v) is 7.76. The van der Waals surface area contributed by atoms with E-state index in [0.717, 1.165) is 19.3 Å². The highest BCUT2D eigenvalue weighted by Crippen LogP contribution is 2.36. The van der Waals surface area contributed by atoms with E-state index in [0.29, 0.717) is 25.3 Å². The molecular weight excluding hydrogens is 254 g/mol. The van der Waals surface area contributed by atoms with Crippen molar-refractivity contribution < 1.29 is 14.7 Å². The Hall–Kier alpha value is -1.32. The molecule has 0 saturated heterocycles. The number of allylic oxidation sites excluding steroid dienone is 1. The van der Waals surface area contributed by atoms with Crippen LogP contribution in [-0.2, 0) is 9.59 Å². The number of nitrogens with one attached hydrogen (secondary N) is 1. The molecule has 3 atom stereocenters. The molecule has 4 nitrogen and oxygen atoms in total. The Balaban J connectivity index is 1.79. The minimum atomic E-state index is -0.829. The number of carboxylic acid groups (broad SMARTS) is 1. The Bertz CT molecular complexity index is 403. The summed E-state index contributed by atoms with van der Waals surface area (Å²) in [4.78, 5) is 23.3. The van der Waals surface area contributed by atoms with E-state index in [1.807, 2.05) is 6.92 Å². The Morgan fingerprint density at radius 3 is 2.70 bits per heavy atom. The lowest BCUT2D eigenvalue weighted by Crippen LogP contribution is -2.35. The summed E-state index contributed by atoms with van der Waals surface area (Å²) in [6, 6.07) is 0. The van der Waals surface area contributed by atoms with Crippen LogP contribution in [0.3, 0.4) is 0 Å². The summed E-state index contributed by atoms with van der Waals surface area (Å²) in [5.74, 6) is -1.42. The average Bonchev–Trinajstić information content (AvgIpc) is 2.82. The zero-order valence-corrected chi connectivity index (χ0v) is 12.2. The molecule has 1 fully saturated rings. The predicted octanol–water partition coefficient (Wildman–Crippen LogP) is 2.74. The first-order chi connectivity index (χ1) is 9.58. The maximum absolute atomic E-state index is 12.2. The van der Waals surface area contributed by atoms with E-state index < -0.39 is 11.9 Å². The van der Waals surface area contributed by atoms with Gasteiger partial charge in [0.1, 0.15) is 0 Å². The van der Waals surface area contributed by atoms with Gasteiger partial charge in [-0.05, 0) is 50.9 Å². The van der Waals surface area contributed by atoms with E-state index in [-0.39, 0.29) is 11.8 Å². The number of hydrogen-bond donors (Lipinski definition) is 2. The van der Waals surface area contributed by atoms with Crippen LogP contribution in [-0.4, -0.2) is 23.5 Å². The van der Waals surface area contributed by atoms with Gasteiger partial charge in [0.25, 0.3) is 0 Å². The Morgan fingerprint density at radius 2 is 2.05 bits per heavy atom. The molecule has 112 valence electrons. The topological polar surface area (TPSA) is 66.4 Å². The lowest BCUT2D eigenvalue weighted by Gasteiger charge is -2.17. The normalized spacial score (nSPS) is 29.9. The molecule has 0 bridgehead atoms. The monoisotopic (exact) mass is 279 g/mol. The summed E-state index contributed by atoms with van der Waals surface area (Å²) in [6.45, 7) is 2.66. The molecule has 0 heterocycles. The van der Waals surface area contributed by atoms with Crippen molar-refractivity contribution >= 4 is 11.9 Å². The number of carbonyl (C=O) groups excluding carboxylic acids is 1. The summed E-state index contributed by atoms with van der Waals surface area (Å²) >= 11 is 0. The SMILES string of the molecule is CC1CC(C(=O)O)C(C(=O)NCCC2=CCCCC2)C1. The number of rotatable bonds is 5. The van der Waals surface area contributed by atoms with Crippen LogP contribution in [0.2, 0.25) is 0 Å². The third-order valence-electron chi connectivity index (χ3n) is 4.58. The lowest BCUT2D eigenvalue weighted by molar-refractivity contribution is -0.146. The minimum absolute atomic E-state index is 0.0711. The second-order valence-corrected chi connectivity index (χ2v) is 6.28. The number of carboxylic acids is 1. The van der Waals surface area contributed by atoms with E-state index in [1.165, 1.54) is 18.4 Å². The first-order valence-electron chi connectivity index (χ1n) is 7.76. The number of amides is 1. The van der Waals surface area contributed by atoms with Crippen molar-refractivity contribution in [2.45, 2.75) is 51.9 Å². The van der Waals surface area contributed by atoms with Crippen molar-refractivity contribution in [2.75, 3.05) is 6.54 Å². The van der Waals surface area contributed by atoms with Crippen LogP contribution in [0.5, 0.6) is 0 Å². The molecule has 2 aliphatic carbocycles. The van der Waals surface area contributed by atoms with Gasteiger partial charge in [-0.25, -0.2) is 0 Å². The van der Waals surface area contributed by atoms with Gasteiger partial charge < -0.3 is 10.4 Å². The average molecular weight is 279 g/mol. The smallest absolute Gasteiger partial charge is 0.307 e. The molecule has 0 aromatic carbocycles. The molecule has 4 heteroatoms. The zero-order chi connectivity index (χ0) is 14.5. The highest BCUT2D eigenvalue weighted by Gasteiger charge is 2.40. The largest absolute Gasteiger partial charge is 0.481 e. The third kappa shape index (κ3) is 3.84. The van der Waals surface area contributed by atoms with Crippen molar-refractivity contribution in [1.82, 2.24) is 5.32 Å². The van der Waals surface area contributed by atoms with Gasteiger partial charge in [-0.15, -0.1) is 0 Å². The van der Waals surface area contributed by atoms with Crippen LogP contribution in [0.4, 0.5) is 0 Å². The van der Waals surface area contributed by atoms with Gasteiger partial charge >= 0.3 is 5.97 Å². The van der Waals surface area contributed by atoms with E-state index in [9.17, 15) is 14.7 Å². The molecular formula is C16H25NO3. The molecule has 0 aliphatic heterocycles. The number of aliphatic carboxylic acids is 1. The molecule has 0 spiro atoms. The third-order valence-corrected chi connectivity index (χ3v) is 4.58. The molecule has 2 N–H and O–H groups in total. The maximum Gasteiger partial charge on any atom is 0.307 e. The fourth-order valence-corrected chi connectivity index (χ4v) is 3.46. The first kappa shape index (κ1) is 15.1. The molecule has 2 aliphatic rings. The second-order valence-electron chi connectivity index (χ2n) is 6.28. The van der Waals surface area contributed by atoms with Gasteiger partial charge in [0, 0.05) is 6.54 Å². The summed E-state index contributed by atoms with van der Waals surface area (Å²) < 4.78 is 0. The van der Waals surface area contributed by atoms with Crippen molar-refractivity contribution in [3.8, 4) is 0 Å². The van der Waals surface area contributed by atoms with Crippen molar-refractivity contribution in [1.29, 1.82) is 0 Å². The fourth-order valence-electron chi connectivity index (χ4n) is 3.46. The minimum Gasteiger partial charge on any atom is -0.481 e. The highest BCUT2D eigenvalue weighted by molar-refractivity contribution is 5.85. The van der Waals surface area contributed by atoms with Gasteiger partial charge in [-0.1, -0.05) is 18.6 Å². The number of hydrogen-bond acceptors (Lipinski definition) is 2. The number of carbonyl (C=O) groups is 2. The van der Waals surface area contributed by atoms with Crippen LogP contribution in [0.25, 0.3) is 0 Å². The van der Waals surface area contributed by atoms with Crippen LogP contribution in [0.15, 0.2) is 11.6 Å². The Morgan fingerprint density at radius 1 is 1.30 bits per heavy atom. The predicted molar refractivity (Wildman–Crippen MR) is 77.2 cm³/mol. The van der Waals surface area contributed by atoms with Gasteiger partial charge in [0.05, 0.1) is 11.8 Å². The van der Waals surface area contributed by atoms with Crippen LogP contribution < -0.4 is 5.32 Å². The molecule has 20 heavy (non-hydrogen) atoms. The van der Waals surface area contributed by atoms with Crippen LogP contribution in [0, 0.1) is 17.8 Å². The van der Waals surface area contributed by atoms with Gasteiger partial charge in [-0.2, -0.15) is 0 Å². The van der Waals surface area contributed by atoms with Gasteiger partial charge in [-0.3, -0.25) is 9.59 Å². The summed E-state index contributed by atoms with van der Waals surface area (Å²) in [7, 11) is 0. The fraction of sp³-hybridized carbons (Fsp3) is 0.750.